The van der Waals surface area contributed by atoms with Crippen molar-refractivity contribution >= 4 is 17.5 Å². The number of benzene rings is 1. The zero-order chi connectivity index (χ0) is 17.5. The van der Waals surface area contributed by atoms with Crippen molar-refractivity contribution in [2.45, 2.75) is 51.6 Å². The Morgan fingerprint density at radius 2 is 2.00 bits per heavy atom. The van der Waals surface area contributed by atoms with Gasteiger partial charge in [-0.3, -0.25) is 19.7 Å². The second-order valence-corrected chi connectivity index (χ2v) is 5.99. The highest BCUT2D eigenvalue weighted by Gasteiger charge is 2.31. The van der Waals surface area contributed by atoms with Crippen molar-refractivity contribution in [1.29, 1.82) is 0 Å². The van der Waals surface area contributed by atoms with Crippen molar-refractivity contribution < 1.29 is 14.5 Å². The predicted molar refractivity (Wildman–Crippen MR) is 89.2 cm³/mol. The van der Waals surface area contributed by atoms with Gasteiger partial charge in [-0.1, -0.05) is 19.1 Å². The SMILES string of the molecule is CCCC(=O)N1CCCC[C@H]1C(=O)NCc1ccc([N+](=O)[O-])cc1. The molecule has 1 aliphatic rings. The highest BCUT2D eigenvalue weighted by atomic mass is 16.6. The largest absolute Gasteiger partial charge is 0.350 e. The van der Waals surface area contributed by atoms with Crippen LogP contribution in [0.3, 0.4) is 0 Å². The summed E-state index contributed by atoms with van der Waals surface area (Å²) in [5, 5.41) is 13.5. The van der Waals surface area contributed by atoms with Crippen molar-refractivity contribution in [3.8, 4) is 0 Å². The normalized spacial score (nSPS) is 17.4. The summed E-state index contributed by atoms with van der Waals surface area (Å²) < 4.78 is 0. The molecule has 7 nitrogen and oxygen atoms in total. The number of nitro groups is 1. The number of nitro benzene ring substituents is 1. The Morgan fingerprint density at radius 3 is 2.62 bits per heavy atom. The van der Waals surface area contributed by atoms with Crippen LogP contribution < -0.4 is 5.32 Å². The third-order valence-electron chi connectivity index (χ3n) is 4.20. The highest BCUT2D eigenvalue weighted by Crippen LogP contribution is 2.19. The third kappa shape index (κ3) is 4.53. The van der Waals surface area contributed by atoms with Gasteiger partial charge in [0.05, 0.1) is 4.92 Å². The number of carbonyl (C=O) groups is 2. The number of piperidine rings is 1. The molecule has 1 atom stereocenters. The van der Waals surface area contributed by atoms with Crippen LogP contribution in [-0.2, 0) is 16.1 Å². The molecular formula is C17H23N3O4. The first kappa shape index (κ1) is 17.9. The lowest BCUT2D eigenvalue weighted by molar-refractivity contribution is -0.384. The molecular weight excluding hydrogens is 310 g/mol. The molecule has 0 spiro atoms. The van der Waals surface area contributed by atoms with Crippen LogP contribution in [0.25, 0.3) is 0 Å². The van der Waals surface area contributed by atoms with Crippen LogP contribution in [0, 0.1) is 10.1 Å². The molecule has 0 unspecified atom stereocenters. The van der Waals surface area contributed by atoms with E-state index in [1.165, 1.54) is 12.1 Å². The zero-order valence-corrected chi connectivity index (χ0v) is 13.9. The number of nitrogens with one attached hydrogen (secondary N) is 1. The van der Waals surface area contributed by atoms with Gasteiger partial charge in [-0.05, 0) is 31.2 Å². The second kappa shape index (κ2) is 8.42. The van der Waals surface area contributed by atoms with E-state index < -0.39 is 11.0 Å². The molecule has 1 aliphatic heterocycles. The van der Waals surface area contributed by atoms with E-state index in [-0.39, 0.29) is 17.5 Å². The maximum atomic E-state index is 12.5. The van der Waals surface area contributed by atoms with Gasteiger partial charge in [-0.15, -0.1) is 0 Å². The van der Waals surface area contributed by atoms with Gasteiger partial charge in [0.1, 0.15) is 6.04 Å². The van der Waals surface area contributed by atoms with E-state index in [1.54, 1.807) is 17.0 Å². The molecule has 2 amide bonds. The summed E-state index contributed by atoms with van der Waals surface area (Å²) in [5.74, 6) is -0.120. The van der Waals surface area contributed by atoms with Crippen LogP contribution in [0.15, 0.2) is 24.3 Å². The Bertz CT molecular complexity index is 600. The molecule has 1 aromatic carbocycles. The van der Waals surface area contributed by atoms with Crippen LogP contribution >= 0.6 is 0 Å². The van der Waals surface area contributed by atoms with Crippen molar-refractivity contribution in [2.75, 3.05) is 6.54 Å². The van der Waals surface area contributed by atoms with E-state index in [9.17, 15) is 19.7 Å². The maximum absolute atomic E-state index is 12.5. The lowest BCUT2D eigenvalue weighted by Gasteiger charge is -2.34. The maximum Gasteiger partial charge on any atom is 0.269 e. The number of carbonyl (C=O) groups excluding carboxylic acids is 2. The van der Waals surface area contributed by atoms with E-state index in [2.05, 4.69) is 5.32 Å². The van der Waals surface area contributed by atoms with Crippen molar-refractivity contribution in [2.24, 2.45) is 0 Å². The average molecular weight is 333 g/mol. The molecule has 130 valence electrons. The van der Waals surface area contributed by atoms with E-state index in [0.717, 1.165) is 24.8 Å². The minimum absolute atomic E-state index is 0.0219. The van der Waals surface area contributed by atoms with E-state index in [4.69, 9.17) is 0 Å². The Kier molecular flexibility index (Phi) is 6.28. The van der Waals surface area contributed by atoms with E-state index in [0.29, 0.717) is 25.9 Å². The van der Waals surface area contributed by atoms with Crippen LogP contribution in [0.4, 0.5) is 5.69 Å². The van der Waals surface area contributed by atoms with Crippen LogP contribution in [0.5, 0.6) is 0 Å². The third-order valence-corrected chi connectivity index (χ3v) is 4.20. The molecule has 2 rings (SSSR count). The molecule has 1 heterocycles. The molecule has 1 N–H and O–H groups in total. The van der Waals surface area contributed by atoms with Gasteiger partial charge in [0.25, 0.3) is 5.69 Å². The van der Waals surface area contributed by atoms with E-state index >= 15 is 0 Å². The number of likely N-dealkylation sites (tertiary alicyclic amines) is 1. The minimum Gasteiger partial charge on any atom is -0.350 e. The summed E-state index contributed by atoms with van der Waals surface area (Å²) in [6.45, 7) is 2.88. The van der Waals surface area contributed by atoms with Crippen molar-refractivity contribution in [1.82, 2.24) is 10.2 Å². The predicted octanol–water partition coefficient (Wildman–Crippen LogP) is 2.39. The quantitative estimate of drug-likeness (QED) is 0.639. The standard InChI is InChI=1S/C17H23N3O4/c1-2-5-16(21)19-11-4-3-6-15(19)17(22)18-12-13-7-9-14(10-8-13)20(23)24/h7-10,15H,2-6,11-12H2,1H3,(H,18,22)/t15-/m0/s1. The van der Waals surface area contributed by atoms with E-state index in [1.807, 2.05) is 6.92 Å². The Hall–Kier alpha value is -2.44. The first-order valence-electron chi connectivity index (χ1n) is 8.33. The first-order valence-corrected chi connectivity index (χ1v) is 8.33. The summed E-state index contributed by atoms with van der Waals surface area (Å²) in [4.78, 5) is 36.5. The molecule has 0 aromatic heterocycles. The van der Waals surface area contributed by atoms with Crippen LogP contribution in [0.1, 0.15) is 44.6 Å². The van der Waals surface area contributed by atoms with Crippen molar-refractivity contribution in [3.05, 3.63) is 39.9 Å². The smallest absolute Gasteiger partial charge is 0.269 e. The Labute approximate surface area is 141 Å². The summed E-state index contributed by atoms with van der Waals surface area (Å²) in [5.41, 5.74) is 0.810. The molecule has 7 heteroatoms. The van der Waals surface area contributed by atoms with Crippen LogP contribution in [0.2, 0.25) is 0 Å². The topological polar surface area (TPSA) is 92.6 Å². The van der Waals surface area contributed by atoms with Gasteiger partial charge in [-0.2, -0.15) is 0 Å². The molecule has 0 saturated carbocycles. The second-order valence-electron chi connectivity index (χ2n) is 5.99. The van der Waals surface area contributed by atoms with Crippen LogP contribution in [-0.4, -0.2) is 34.2 Å². The Morgan fingerprint density at radius 1 is 1.29 bits per heavy atom. The summed E-state index contributed by atoms with van der Waals surface area (Å²) in [6.07, 6.45) is 3.78. The number of amides is 2. The molecule has 24 heavy (non-hydrogen) atoms. The average Bonchev–Trinajstić information content (AvgIpc) is 2.60. The van der Waals surface area contributed by atoms with Gasteiger partial charge in [0, 0.05) is 31.6 Å². The molecule has 1 saturated heterocycles. The van der Waals surface area contributed by atoms with Gasteiger partial charge >= 0.3 is 0 Å². The van der Waals surface area contributed by atoms with Gasteiger partial charge in [0.15, 0.2) is 0 Å². The number of nitrogens with zero attached hydrogens (tertiary/aromatic N) is 2. The fourth-order valence-electron chi connectivity index (χ4n) is 2.90. The summed E-state index contributed by atoms with van der Waals surface area (Å²) >= 11 is 0. The first-order chi connectivity index (χ1) is 11.5. The fraction of sp³-hybridized carbons (Fsp3) is 0.529. The zero-order valence-electron chi connectivity index (χ0n) is 13.9. The molecule has 0 aliphatic carbocycles. The van der Waals surface area contributed by atoms with Gasteiger partial charge in [-0.25, -0.2) is 0 Å². The monoisotopic (exact) mass is 333 g/mol. The van der Waals surface area contributed by atoms with Crippen molar-refractivity contribution in [3.63, 3.8) is 0 Å². The van der Waals surface area contributed by atoms with Gasteiger partial charge in [0.2, 0.25) is 11.8 Å². The molecule has 1 fully saturated rings. The lowest BCUT2D eigenvalue weighted by atomic mass is 10.0. The molecule has 0 radical (unpaired) electrons. The minimum atomic E-state index is -0.457. The molecule has 1 aromatic rings. The lowest BCUT2D eigenvalue weighted by Crippen LogP contribution is -2.51. The van der Waals surface area contributed by atoms with Gasteiger partial charge < -0.3 is 10.2 Å². The summed E-state index contributed by atoms with van der Waals surface area (Å²) in [7, 11) is 0. The highest BCUT2D eigenvalue weighted by molar-refractivity contribution is 5.87. The number of rotatable bonds is 6. The Balaban J connectivity index is 1.94. The fourth-order valence-corrected chi connectivity index (χ4v) is 2.90. The molecule has 0 bridgehead atoms. The number of hydrogen-bond acceptors (Lipinski definition) is 4. The number of non-ortho nitro benzene ring substituents is 1. The number of hydrogen-bond donors (Lipinski definition) is 1. The summed E-state index contributed by atoms with van der Waals surface area (Å²) in [6, 6.07) is 5.67.